The molecule has 1 aromatic carbocycles. The molecule has 2 aliphatic rings. The van der Waals surface area contributed by atoms with Crippen LogP contribution in [0.15, 0.2) is 15.7 Å². The van der Waals surface area contributed by atoms with Crippen LogP contribution in [0.2, 0.25) is 0 Å². The lowest BCUT2D eigenvalue weighted by Crippen LogP contribution is -2.48. The van der Waals surface area contributed by atoms with Crippen LogP contribution in [0.5, 0.6) is 5.75 Å². The van der Waals surface area contributed by atoms with Crippen molar-refractivity contribution < 1.29 is 28.2 Å². The topological polar surface area (TPSA) is 133 Å². The molecule has 1 aromatic heterocycles. The number of nitrogens with one attached hydrogen (secondary N) is 2. The first-order valence-corrected chi connectivity index (χ1v) is 13.4. The Balaban J connectivity index is 1.70. The Morgan fingerprint density at radius 3 is 2.23 bits per heavy atom. The first-order valence-electron chi connectivity index (χ1n) is 13.4. The molecule has 2 N–H and O–H groups in total. The largest absolute Gasteiger partial charge is 0.492 e. The summed E-state index contributed by atoms with van der Waals surface area (Å²) in [6.07, 6.45) is 0.522. The maximum atomic E-state index is 15.7. The maximum absolute atomic E-state index is 15.7. The molecule has 2 heterocycles. The van der Waals surface area contributed by atoms with Crippen molar-refractivity contribution in [2.75, 3.05) is 37.1 Å². The van der Waals surface area contributed by atoms with E-state index >= 15 is 4.39 Å². The monoisotopic (exact) mass is 563 g/mol. The summed E-state index contributed by atoms with van der Waals surface area (Å²) in [5, 5.41) is 2.65. The van der Waals surface area contributed by atoms with E-state index in [-0.39, 0.29) is 34.3 Å². The molecule has 0 radical (unpaired) electrons. The lowest BCUT2D eigenvalue weighted by Gasteiger charge is -2.25. The third-order valence-electron chi connectivity index (χ3n) is 6.51. The van der Waals surface area contributed by atoms with E-state index in [4.69, 9.17) is 14.2 Å². The molecule has 0 bridgehead atoms. The molecule has 1 aliphatic heterocycles. The molecule has 13 heteroatoms. The Labute approximate surface area is 231 Å². The van der Waals surface area contributed by atoms with Crippen LogP contribution in [-0.4, -0.2) is 59.4 Å². The number of anilines is 1. The Kier molecular flexibility index (Phi) is 7.79. The predicted molar refractivity (Wildman–Crippen MR) is 147 cm³/mol. The van der Waals surface area contributed by atoms with Crippen molar-refractivity contribution in [2.24, 2.45) is 5.92 Å². The van der Waals surface area contributed by atoms with Gasteiger partial charge < -0.3 is 24.4 Å². The van der Waals surface area contributed by atoms with Crippen LogP contribution in [-0.2, 0) is 9.47 Å². The Hall–Kier alpha value is -3.77. The molecule has 1 atom stereocenters. The van der Waals surface area contributed by atoms with E-state index in [2.05, 4.69) is 10.7 Å². The number of carbonyl (C=O) groups excluding carboxylic acids is 2. The summed E-state index contributed by atoms with van der Waals surface area (Å²) < 4.78 is 33.8. The van der Waals surface area contributed by atoms with Crippen molar-refractivity contribution in [1.29, 1.82) is 0 Å². The van der Waals surface area contributed by atoms with Gasteiger partial charge in [-0.2, -0.15) is 4.68 Å². The van der Waals surface area contributed by atoms with Crippen molar-refractivity contribution in [3.05, 3.63) is 32.7 Å². The molecular formula is C27H38FN5O7. The van der Waals surface area contributed by atoms with Crippen LogP contribution >= 0.6 is 0 Å². The molecule has 2 fully saturated rings. The molecule has 12 nitrogen and oxygen atoms in total. The van der Waals surface area contributed by atoms with Crippen LogP contribution in [0.1, 0.15) is 66.8 Å². The zero-order valence-corrected chi connectivity index (χ0v) is 24.1. The minimum absolute atomic E-state index is 0.0176. The molecule has 1 aliphatic carbocycles. The van der Waals surface area contributed by atoms with Gasteiger partial charge >= 0.3 is 17.9 Å². The highest BCUT2D eigenvalue weighted by Gasteiger charge is 2.35. The molecule has 1 saturated heterocycles. The number of methoxy groups -OCH3 is 1. The quantitative estimate of drug-likeness (QED) is 0.546. The van der Waals surface area contributed by atoms with E-state index < -0.39 is 40.5 Å². The van der Waals surface area contributed by atoms with Crippen molar-refractivity contribution >= 4 is 28.8 Å². The van der Waals surface area contributed by atoms with E-state index in [9.17, 15) is 19.2 Å². The van der Waals surface area contributed by atoms with E-state index in [1.54, 1.807) is 46.4 Å². The zero-order valence-electron chi connectivity index (χ0n) is 24.1. The van der Waals surface area contributed by atoms with Crippen LogP contribution < -0.4 is 31.6 Å². The number of aromatic nitrogens is 2. The number of fused-ring (bicyclic) bond motifs is 1. The number of carbonyl (C=O) groups is 2. The first-order chi connectivity index (χ1) is 18.6. The third-order valence-corrected chi connectivity index (χ3v) is 6.51. The highest BCUT2D eigenvalue weighted by atomic mass is 19.1. The summed E-state index contributed by atoms with van der Waals surface area (Å²) in [4.78, 5) is 53.2. The summed E-state index contributed by atoms with van der Waals surface area (Å²) >= 11 is 0. The number of hydrogen-bond acceptors (Lipinski definition) is 8. The lowest BCUT2D eigenvalue weighted by atomic mass is 10.1. The second-order valence-corrected chi connectivity index (χ2v) is 12.3. The van der Waals surface area contributed by atoms with Gasteiger partial charge in [0.05, 0.1) is 12.5 Å². The molecule has 0 spiro atoms. The third kappa shape index (κ3) is 6.34. The van der Waals surface area contributed by atoms with Crippen molar-refractivity contribution in [2.45, 2.75) is 78.0 Å². The van der Waals surface area contributed by atoms with Gasteiger partial charge in [0.15, 0.2) is 11.6 Å². The molecule has 40 heavy (non-hydrogen) atoms. The van der Waals surface area contributed by atoms with Crippen LogP contribution in [0.3, 0.4) is 0 Å². The number of amides is 2. The van der Waals surface area contributed by atoms with Crippen LogP contribution in [0.4, 0.5) is 19.7 Å². The van der Waals surface area contributed by atoms with E-state index in [0.717, 1.165) is 6.07 Å². The van der Waals surface area contributed by atoms with Gasteiger partial charge in [0, 0.05) is 25.7 Å². The van der Waals surface area contributed by atoms with Gasteiger partial charge in [0.2, 0.25) is 0 Å². The van der Waals surface area contributed by atoms with Gasteiger partial charge in [-0.1, -0.05) is 0 Å². The molecule has 4 rings (SSSR count). The fraction of sp³-hybridized carbons (Fsp3) is 0.630. The smallest absolute Gasteiger partial charge is 0.427 e. The molecule has 1 saturated carbocycles. The Bertz CT molecular complexity index is 1430. The lowest BCUT2D eigenvalue weighted by molar-refractivity contribution is 0.0519. The van der Waals surface area contributed by atoms with E-state index in [1.165, 1.54) is 11.7 Å². The summed E-state index contributed by atoms with van der Waals surface area (Å²) in [5.41, 5.74) is -0.626. The molecule has 220 valence electrons. The average Bonchev–Trinajstić information content (AvgIpc) is 3.55. The van der Waals surface area contributed by atoms with Crippen molar-refractivity contribution in [1.82, 2.24) is 14.6 Å². The minimum atomic E-state index is -0.986. The van der Waals surface area contributed by atoms with Gasteiger partial charge in [-0.25, -0.2) is 24.2 Å². The molecular weight excluding hydrogens is 525 g/mol. The second-order valence-electron chi connectivity index (χ2n) is 12.3. The maximum Gasteiger partial charge on any atom is 0.427 e. The number of alkyl carbamates (subject to hydrolysis) is 1. The van der Waals surface area contributed by atoms with E-state index in [1.807, 2.05) is 0 Å². The SMILES string of the molecule is COc1c(N2CCC(CNC(=O)OC(C)(C)C)C2)c(F)cc2c(=O)n(NC(=O)OC(C)(C)C)c(=O)n(C3CC3)c12. The number of rotatable bonds is 6. The van der Waals surface area contributed by atoms with Gasteiger partial charge in [-0.15, -0.1) is 0 Å². The van der Waals surface area contributed by atoms with Crippen LogP contribution in [0, 0.1) is 11.7 Å². The summed E-state index contributed by atoms with van der Waals surface area (Å²) in [6, 6.07) is 0.840. The number of halogens is 1. The zero-order chi connectivity index (χ0) is 29.6. The van der Waals surface area contributed by atoms with Crippen molar-refractivity contribution in [3.8, 4) is 5.75 Å². The number of ether oxygens (including phenoxy) is 3. The van der Waals surface area contributed by atoms with Gasteiger partial charge in [0.1, 0.15) is 22.4 Å². The van der Waals surface area contributed by atoms with Gasteiger partial charge in [-0.3, -0.25) is 9.36 Å². The summed E-state index contributed by atoms with van der Waals surface area (Å²) in [7, 11) is 1.36. The Morgan fingerprint density at radius 1 is 1.02 bits per heavy atom. The van der Waals surface area contributed by atoms with Gasteiger partial charge in [-0.05, 0) is 72.8 Å². The standard InChI is InChI=1S/C27H38FN5O7/c1-26(2,3)39-23(35)29-13-15-10-11-31(14-15)20-18(28)12-17-19(21(20)38-7)32(16-8-9-16)25(37)33(22(17)34)30-24(36)40-27(4,5)6/h12,15-16H,8-11,13-14H2,1-7H3,(H,29,35)(H,30,36). The fourth-order valence-electron chi connectivity index (χ4n) is 4.81. The normalized spacial score (nSPS) is 17.6. The summed E-state index contributed by atoms with van der Waals surface area (Å²) in [5.74, 6) is -0.614. The predicted octanol–water partition coefficient (Wildman–Crippen LogP) is 3.48. The first kappa shape index (κ1) is 29.2. The van der Waals surface area contributed by atoms with Crippen LogP contribution in [0.25, 0.3) is 10.9 Å². The number of hydrogen-bond donors (Lipinski definition) is 2. The highest BCUT2D eigenvalue weighted by molar-refractivity contribution is 5.91. The Morgan fingerprint density at radius 2 is 1.65 bits per heavy atom. The number of benzene rings is 1. The minimum Gasteiger partial charge on any atom is -0.492 e. The highest BCUT2D eigenvalue weighted by Crippen LogP contribution is 2.43. The molecule has 2 amide bonds. The number of nitrogens with zero attached hydrogens (tertiary/aromatic N) is 3. The van der Waals surface area contributed by atoms with E-state index in [0.29, 0.717) is 43.6 Å². The van der Waals surface area contributed by atoms with Gasteiger partial charge in [0.25, 0.3) is 5.56 Å². The average molecular weight is 564 g/mol. The van der Waals surface area contributed by atoms with Crippen molar-refractivity contribution in [3.63, 3.8) is 0 Å². The molecule has 1 unspecified atom stereocenters. The molecule has 2 aromatic rings. The fourth-order valence-corrected chi connectivity index (χ4v) is 4.81. The second kappa shape index (κ2) is 10.7. The summed E-state index contributed by atoms with van der Waals surface area (Å²) in [6.45, 7) is 11.5.